The standard InChI is InChI=1S/C13H21O4P/c1-9(17-18(15)16)7-10-5-6-11(14)8-12(10)13(2,3)4/h5-6,8-9,14,18H,7H2,1-4H3,(H,15,16). The predicted octanol–water partition coefficient (Wildman–Crippen LogP) is 3.02. The normalized spacial score (nSPS) is 15.4. The lowest BCUT2D eigenvalue weighted by atomic mass is 9.82. The van der Waals surface area contributed by atoms with Gasteiger partial charge in [0.1, 0.15) is 5.75 Å². The van der Waals surface area contributed by atoms with E-state index in [0.717, 1.165) is 11.1 Å². The molecule has 4 nitrogen and oxygen atoms in total. The van der Waals surface area contributed by atoms with E-state index in [1.54, 1.807) is 19.1 Å². The molecule has 0 bridgehead atoms. The number of phenols is 1. The number of hydrogen-bond donors (Lipinski definition) is 2. The van der Waals surface area contributed by atoms with E-state index in [4.69, 9.17) is 9.42 Å². The number of aromatic hydroxyl groups is 1. The van der Waals surface area contributed by atoms with Crippen LogP contribution >= 0.6 is 8.25 Å². The molecule has 102 valence electrons. The number of benzene rings is 1. The minimum absolute atomic E-state index is 0.0990. The van der Waals surface area contributed by atoms with Gasteiger partial charge in [0.2, 0.25) is 0 Å². The van der Waals surface area contributed by atoms with Crippen molar-refractivity contribution in [2.45, 2.75) is 45.6 Å². The second-order valence-corrected chi connectivity index (χ2v) is 6.26. The average molecular weight is 272 g/mol. The fourth-order valence-electron chi connectivity index (χ4n) is 1.96. The van der Waals surface area contributed by atoms with Crippen LogP contribution in [0.15, 0.2) is 18.2 Å². The summed E-state index contributed by atoms with van der Waals surface area (Å²) in [6, 6.07) is 5.20. The van der Waals surface area contributed by atoms with Crippen molar-refractivity contribution in [2.24, 2.45) is 0 Å². The first-order chi connectivity index (χ1) is 8.20. The van der Waals surface area contributed by atoms with Gasteiger partial charge < -0.3 is 14.5 Å². The summed E-state index contributed by atoms with van der Waals surface area (Å²) in [6.07, 6.45) is 0.219. The molecule has 2 unspecified atom stereocenters. The van der Waals surface area contributed by atoms with Crippen molar-refractivity contribution < 1.29 is 19.1 Å². The highest BCUT2D eigenvalue weighted by atomic mass is 31.1. The van der Waals surface area contributed by atoms with Crippen LogP contribution in [0.2, 0.25) is 0 Å². The Bertz CT molecular complexity index is 437. The SMILES string of the molecule is CC(Cc1ccc(O)cc1C(C)(C)C)O[PH](=O)O. The van der Waals surface area contributed by atoms with Crippen molar-refractivity contribution in [3.63, 3.8) is 0 Å². The van der Waals surface area contributed by atoms with Crippen molar-refractivity contribution in [3.05, 3.63) is 29.3 Å². The monoisotopic (exact) mass is 272 g/mol. The lowest BCUT2D eigenvalue weighted by Crippen LogP contribution is -2.17. The van der Waals surface area contributed by atoms with Crippen LogP contribution < -0.4 is 0 Å². The second-order valence-electron chi connectivity index (χ2n) is 5.49. The van der Waals surface area contributed by atoms with Crippen molar-refractivity contribution in [1.82, 2.24) is 0 Å². The summed E-state index contributed by atoms with van der Waals surface area (Å²) in [4.78, 5) is 8.76. The van der Waals surface area contributed by atoms with Crippen LogP contribution in [-0.2, 0) is 20.9 Å². The van der Waals surface area contributed by atoms with Gasteiger partial charge in [0, 0.05) is 0 Å². The summed E-state index contributed by atoms with van der Waals surface area (Å²) in [6.45, 7) is 7.95. The highest BCUT2D eigenvalue weighted by molar-refractivity contribution is 7.32. The van der Waals surface area contributed by atoms with E-state index in [1.165, 1.54) is 0 Å². The fraction of sp³-hybridized carbons (Fsp3) is 0.538. The van der Waals surface area contributed by atoms with Gasteiger partial charge in [-0.05, 0) is 42.0 Å². The van der Waals surface area contributed by atoms with E-state index in [-0.39, 0.29) is 17.3 Å². The number of rotatable bonds is 4. The summed E-state index contributed by atoms with van der Waals surface area (Å²) in [5, 5.41) is 9.56. The minimum atomic E-state index is -2.91. The molecule has 0 fully saturated rings. The van der Waals surface area contributed by atoms with Crippen molar-refractivity contribution in [2.75, 3.05) is 0 Å². The Morgan fingerprint density at radius 1 is 1.39 bits per heavy atom. The number of hydrogen-bond acceptors (Lipinski definition) is 3. The summed E-state index contributed by atoms with van der Waals surface area (Å²) < 4.78 is 15.6. The Morgan fingerprint density at radius 3 is 2.50 bits per heavy atom. The third-order valence-electron chi connectivity index (χ3n) is 2.71. The Balaban J connectivity index is 2.98. The van der Waals surface area contributed by atoms with E-state index in [2.05, 4.69) is 20.8 Å². The second kappa shape index (κ2) is 5.87. The van der Waals surface area contributed by atoms with Crippen LogP contribution in [0.4, 0.5) is 0 Å². The van der Waals surface area contributed by atoms with Crippen LogP contribution in [-0.4, -0.2) is 16.1 Å². The van der Waals surface area contributed by atoms with E-state index in [9.17, 15) is 9.67 Å². The third-order valence-corrected chi connectivity index (χ3v) is 3.31. The quantitative estimate of drug-likeness (QED) is 0.827. The van der Waals surface area contributed by atoms with E-state index in [0.29, 0.717) is 6.42 Å². The lowest BCUT2D eigenvalue weighted by Gasteiger charge is -2.24. The molecule has 5 heteroatoms. The zero-order valence-corrected chi connectivity index (χ0v) is 12.2. The molecule has 0 aromatic heterocycles. The zero-order valence-electron chi connectivity index (χ0n) is 11.2. The van der Waals surface area contributed by atoms with Crippen LogP contribution in [0.3, 0.4) is 0 Å². The first kappa shape index (κ1) is 15.2. The van der Waals surface area contributed by atoms with E-state index >= 15 is 0 Å². The molecule has 0 aliphatic rings. The molecule has 1 aromatic rings. The molecule has 0 saturated heterocycles. The largest absolute Gasteiger partial charge is 0.508 e. The van der Waals surface area contributed by atoms with Gasteiger partial charge in [0.05, 0.1) is 6.10 Å². The predicted molar refractivity (Wildman–Crippen MR) is 72.3 cm³/mol. The highest BCUT2D eigenvalue weighted by Crippen LogP contribution is 2.31. The third kappa shape index (κ3) is 4.45. The molecule has 1 rings (SSSR count). The molecule has 18 heavy (non-hydrogen) atoms. The smallest absolute Gasteiger partial charge is 0.316 e. The van der Waals surface area contributed by atoms with Gasteiger partial charge in [-0.1, -0.05) is 26.8 Å². The van der Waals surface area contributed by atoms with Crippen molar-refractivity contribution in [1.29, 1.82) is 0 Å². The minimum Gasteiger partial charge on any atom is -0.508 e. The summed E-state index contributed by atoms with van der Waals surface area (Å²) in [5.41, 5.74) is 1.95. The van der Waals surface area contributed by atoms with Crippen LogP contribution in [0, 0.1) is 0 Å². The average Bonchev–Trinajstić information content (AvgIpc) is 2.17. The molecular weight excluding hydrogens is 251 g/mol. The molecule has 1 aromatic carbocycles. The Labute approximate surface area is 109 Å². The molecule has 2 atom stereocenters. The maximum absolute atomic E-state index is 10.7. The molecule has 0 amide bonds. The van der Waals surface area contributed by atoms with Crippen LogP contribution in [0.25, 0.3) is 0 Å². The summed E-state index contributed by atoms with van der Waals surface area (Å²) >= 11 is 0. The summed E-state index contributed by atoms with van der Waals surface area (Å²) in [5.74, 6) is 0.230. The maximum Gasteiger partial charge on any atom is 0.316 e. The molecular formula is C13H21O4P. The Morgan fingerprint density at radius 2 is 2.00 bits per heavy atom. The van der Waals surface area contributed by atoms with Crippen molar-refractivity contribution in [3.8, 4) is 5.75 Å². The van der Waals surface area contributed by atoms with Gasteiger partial charge in [-0.2, -0.15) is 0 Å². The van der Waals surface area contributed by atoms with Crippen molar-refractivity contribution >= 4 is 8.25 Å². The van der Waals surface area contributed by atoms with E-state index in [1.807, 2.05) is 6.07 Å². The van der Waals surface area contributed by atoms with Gasteiger partial charge in [0.25, 0.3) is 0 Å². The zero-order chi connectivity index (χ0) is 13.9. The molecule has 0 spiro atoms. The fourth-order valence-corrected chi connectivity index (χ4v) is 2.39. The molecule has 0 aliphatic heterocycles. The molecule has 0 heterocycles. The summed E-state index contributed by atoms with van der Waals surface area (Å²) in [7, 11) is -2.91. The first-order valence-electron chi connectivity index (χ1n) is 5.92. The van der Waals surface area contributed by atoms with Crippen LogP contribution in [0.5, 0.6) is 5.75 Å². The molecule has 0 aliphatic carbocycles. The first-order valence-corrected chi connectivity index (χ1v) is 7.18. The van der Waals surface area contributed by atoms with Crippen LogP contribution in [0.1, 0.15) is 38.8 Å². The van der Waals surface area contributed by atoms with E-state index < -0.39 is 8.25 Å². The maximum atomic E-state index is 10.7. The van der Waals surface area contributed by atoms with Gasteiger partial charge in [-0.15, -0.1) is 0 Å². The van der Waals surface area contributed by atoms with Gasteiger partial charge in [-0.25, -0.2) is 0 Å². The highest BCUT2D eigenvalue weighted by Gasteiger charge is 2.20. The molecule has 2 N–H and O–H groups in total. The van der Waals surface area contributed by atoms with Gasteiger partial charge >= 0.3 is 8.25 Å². The topological polar surface area (TPSA) is 66.8 Å². The lowest BCUT2D eigenvalue weighted by molar-refractivity contribution is 0.205. The Hall–Kier alpha value is -0.830. The number of phenolic OH excluding ortho intramolecular Hbond substituents is 1. The van der Waals surface area contributed by atoms with Gasteiger partial charge in [-0.3, -0.25) is 4.57 Å². The Kier molecular flexibility index (Phi) is 4.97. The molecule has 0 radical (unpaired) electrons. The molecule has 0 saturated carbocycles. The van der Waals surface area contributed by atoms with Gasteiger partial charge in [0.15, 0.2) is 0 Å².